The Balaban J connectivity index is 1.53. The predicted molar refractivity (Wildman–Crippen MR) is 109 cm³/mol. The molecule has 0 unspecified atom stereocenters. The van der Waals surface area contributed by atoms with Gasteiger partial charge < -0.3 is 26.0 Å². The van der Waals surface area contributed by atoms with Gasteiger partial charge in [0.15, 0.2) is 0 Å². The van der Waals surface area contributed by atoms with E-state index in [2.05, 4.69) is 15.5 Å². The summed E-state index contributed by atoms with van der Waals surface area (Å²) in [6.07, 6.45) is 1.81. The summed E-state index contributed by atoms with van der Waals surface area (Å²) in [5.41, 5.74) is 8.12. The Hall–Kier alpha value is -3.22. The number of primary amides is 1. The zero-order valence-corrected chi connectivity index (χ0v) is 16.0. The van der Waals surface area contributed by atoms with Gasteiger partial charge in [-0.25, -0.2) is 4.79 Å². The number of anilines is 2. The molecule has 0 aliphatic carbocycles. The van der Waals surface area contributed by atoms with E-state index >= 15 is 0 Å². The second-order valence-electron chi connectivity index (χ2n) is 6.86. The number of rotatable bonds is 6. The zero-order chi connectivity index (χ0) is 19.9. The lowest BCUT2D eigenvalue weighted by molar-refractivity contribution is -0.122. The van der Waals surface area contributed by atoms with Gasteiger partial charge in [-0.15, -0.1) is 0 Å². The van der Waals surface area contributed by atoms with Crippen molar-refractivity contribution in [2.24, 2.45) is 11.7 Å². The molecule has 7 nitrogen and oxygen atoms in total. The van der Waals surface area contributed by atoms with Crippen molar-refractivity contribution in [3.63, 3.8) is 0 Å². The van der Waals surface area contributed by atoms with Gasteiger partial charge in [0.25, 0.3) is 0 Å². The van der Waals surface area contributed by atoms with Gasteiger partial charge >= 0.3 is 6.03 Å². The van der Waals surface area contributed by atoms with Crippen molar-refractivity contribution in [2.75, 3.05) is 30.4 Å². The molecule has 3 amide bonds. The summed E-state index contributed by atoms with van der Waals surface area (Å²) in [5, 5.41) is 5.62. The summed E-state index contributed by atoms with van der Waals surface area (Å²) in [6.45, 7) is 1.99. The van der Waals surface area contributed by atoms with Crippen LogP contribution in [0.15, 0.2) is 48.5 Å². The van der Waals surface area contributed by atoms with Crippen molar-refractivity contribution in [2.45, 2.75) is 19.4 Å². The van der Waals surface area contributed by atoms with Gasteiger partial charge in [0, 0.05) is 25.3 Å². The van der Waals surface area contributed by atoms with E-state index in [0.29, 0.717) is 24.5 Å². The average molecular weight is 382 g/mol. The Morgan fingerprint density at radius 3 is 2.64 bits per heavy atom. The molecule has 28 heavy (non-hydrogen) atoms. The molecule has 0 radical (unpaired) electrons. The van der Waals surface area contributed by atoms with Crippen molar-refractivity contribution in [1.82, 2.24) is 5.32 Å². The van der Waals surface area contributed by atoms with Crippen molar-refractivity contribution in [3.05, 3.63) is 54.1 Å². The first-order valence-electron chi connectivity index (χ1n) is 9.38. The van der Waals surface area contributed by atoms with Gasteiger partial charge in [0.2, 0.25) is 5.91 Å². The van der Waals surface area contributed by atoms with Crippen molar-refractivity contribution < 1.29 is 14.3 Å². The second-order valence-corrected chi connectivity index (χ2v) is 6.86. The fourth-order valence-corrected chi connectivity index (χ4v) is 3.37. The van der Waals surface area contributed by atoms with Crippen LogP contribution >= 0.6 is 0 Å². The molecule has 1 aliphatic heterocycles. The third-order valence-corrected chi connectivity index (χ3v) is 4.93. The number of carbonyl (C=O) groups excluding carboxylic acids is 2. The minimum atomic E-state index is -0.297. The van der Waals surface area contributed by atoms with Crippen LogP contribution in [-0.2, 0) is 11.3 Å². The number of ether oxygens (including phenoxy) is 1. The number of urea groups is 1. The monoisotopic (exact) mass is 382 g/mol. The lowest BCUT2D eigenvalue weighted by Gasteiger charge is -2.33. The van der Waals surface area contributed by atoms with Crippen LogP contribution in [0.5, 0.6) is 5.75 Å². The van der Waals surface area contributed by atoms with Crippen LogP contribution in [0.4, 0.5) is 16.2 Å². The molecule has 2 aromatic rings. The number of benzene rings is 2. The molecular weight excluding hydrogens is 356 g/mol. The average Bonchev–Trinajstić information content (AvgIpc) is 2.73. The van der Waals surface area contributed by atoms with Crippen LogP contribution in [0.3, 0.4) is 0 Å². The van der Waals surface area contributed by atoms with E-state index in [9.17, 15) is 9.59 Å². The Morgan fingerprint density at radius 1 is 1.18 bits per heavy atom. The first-order chi connectivity index (χ1) is 13.6. The largest absolute Gasteiger partial charge is 0.495 e. The van der Waals surface area contributed by atoms with E-state index in [0.717, 1.165) is 30.6 Å². The molecule has 0 aromatic heterocycles. The Kier molecular flexibility index (Phi) is 6.37. The number of carbonyl (C=O) groups is 2. The van der Waals surface area contributed by atoms with Crippen molar-refractivity contribution in [3.8, 4) is 5.75 Å². The number of para-hydroxylation sites is 2. The molecule has 3 rings (SSSR count). The smallest absolute Gasteiger partial charge is 0.319 e. The van der Waals surface area contributed by atoms with Crippen LogP contribution < -0.4 is 26.0 Å². The molecule has 1 fully saturated rings. The topological polar surface area (TPSA) is 96.7 Å². The molecule has 1 aliphatic rings. The first-order valence-corrected chi connectivity index (χ1v) is 9.38. The molecular formula is C21H26N4O3. The Bertz CT molecular complexity index is 823. The van der Waals surface area contributed by atoms with Gasteiger partial charge in [-0.3, -0.25) is 4.79 Å². The zero-order valence-electron chi connectivity index (χ0n) is 16.0. The van der Waals surface area contributed by atoms with Gasteiger partial charge in [-0.05, 0) is 42.7 Å². The first kappa shape index (κ1) is 19.5. The molecule has 2 aromatic carbocycles. The lowest BCUT2D eigenvalue weighted by Crippen LogP contribution is -2.41. The minimum Gasteiger partial charge on any atom is -0.495 e. The Labute approximate surface area is 164 Å². The van der Waals surface area contributed by atoms with E-state index in [1.165, 1.54) is 0 Å². The SMILES string of the molecule is COc1ccccc1NC(=O)NCc1ccc(N2CCC[C@@H](C(N)=O)C2)cc1. The van der Waals surface area contributed by atoms with Crippen molar-refractivity contribution in [1.29, 1.82) is 0 Å². The molecule has 0 bridgehead atoms. The van der Waals surface area contributed by atoms with Gasteiger partial charge in [-0.1, -0.05) is 24.3 Å². The normalized spacial score (nSPS) is 16.3. The van der Waals surface area contributed by atoms with E-state index in [4.69, 9.17) is 10.5 Å². The highest BCUT2D eigenvalue weighted by atomic mass is 16.5. The summed E-state index contributed by atoms with van der Waals surface area (Å²) < 4.78 is 5.23. The van der Waals surface area contributed by atoms with E-state index in [1.54, 1.807) is 19.2 Å². The summed E-state index contributed by atoms with van der Waals surface area (Å²) in [7, 11) is 1.56. The number of methoxy groups -OCH3 is 1. The molecule has 148 valence electrons. The van der Waals surface area contributed by atoms with E-state index in [-0.39, 0.29) is 17.9 Å². The maximum atomic E-state index is 12.1. The van der Waals surface area contributed by atoms with Gasteiger partial charge in [0.05, 0.1) is 18.7 Å². The number of hydrogen-bond acceptors (Lipinski definition) is 4. The summed E-state index contributed by atoms with van der Waals surface area (Å²) in [5.74, 6) is 0.290. The fourth-order valence-electron chi connectivity index (χ4n) is 3.37. The predicted octanol–water partition coefficient (Wildman–Crippen LogP) is 2.72. The molecule has 7 heteroatoms. The summed E-state index contributed by atoms with van der Waals surface area (Å²) in [6, 6.07) is 14.9. The highest BCUT2D eigenvalue weighted by molar-refractivity contribution is 5.90. The quantitative estimate of drug-likeness (QED) is 0.716. The maximum Gasteiger partial charge on any atom is 0.319 e. The summed E-state index contributed by atoms with van der Waals surface area (Å²) >= 11 is 0. The van der Waals surface area contributed by atoms with Crippen LogP contribution in [0, 0.1) is 5.92 Å². The van der Waals surface area contributed by atoms with Gasteiger partial charge in [-0.2, -0.15) is 0 Å². The number of nitrogens with two attached hydrogens (primary N) is 1. The van der Waals surface area contributed by atoms with Crippen LogP contribution in [0.25, 0.3) is 0 Å². The third kappa shape index (κ3) is 4.94. The highest BCUT2D eigenvalue weighted by Gasteiger charge is 2.24. The highest BCUT2D eigenvalue weighted by Crippen LogP contribution is 2.24. The molecule has 4 N–H and O–H groups in total. The standard InChI is InChI=1S/C21H26N4O3/c1-28-19-7-3-2-6-18(19)24-21(27)23-13-15-8-10-17(11-9-15)25-12-4-5-16(14-25)20(22)26/h2-3,6-11,16H,4-5,12-14H2,1H3,(H2,22,26)(H2,23,24,27)/t16-/m1/s1. The number of piperidine rings is 1. The van der Waals surface area contributed by atoms with Gasteiger partial charge in [0.1, 0.15) is 5.75 Å². The molecule has 0 saturated carbocycles. The number of nitrogens with one attached hydrogen (secondary N) is 2. The molecule has 1 atom stereocenters. The third-order valence-electron chi connectivity index (χ3n) is 4.93. The number of amides is 3. The summed E-state index contributed by atoms with van der Waals surface area (Å²) in [4.78, 5) is 25.8. The minimum absolute atomic E-state index is 0.0891. The maximum absolute atomic E-state index is 12.1. The second kappa shape index (κ2) is 9.12. The molecule has 1 saturated heterocycles. The van der Waals surface area contributed by atoms with Crippen LogP contribution in [0.1, 0.15) is 18.4 Å². The Morgan fingerprint density at radius 2 is 1.93 bits per heavy atom. The lowest BCUT2D eigenvalue weighted by atomic mass is 9.97. The molecule has 0 spiro atoms. The molecule has 1 heterocycles. The number of nitrogens with zero attached hydrogens (tertiary/aromatic N) is 1. The van der Waals surface area contributed by atoms with Crippen LogP contribution in [-0.4, -0.2) is 32.1 Å². The van der Waals surface area contributed by atoms with E-state index < -0.39 is 0 Å². The van der Waals surface area contributed by atoms with E-state index in [1.807, 2.05) is 36.4 Å². The van der Waals surface area contributed by atoms with Crippen molar-refractivity contribution >= 4 is 23.3 Å². The van der Waals surface area contributed by atoms with Crippen LogP contribution in [0.2, 0.25) is 0 Å². The number of hydrogen-bond donors (Lipinski definition) is 3. The fraction of sp³-hybridized carbons (Fsp3) is 0.333.